The van der Waals surface area contributed by atoms with Crippen LogP contribution in [0.5, 0.6) is 0 Å². The van der Waals surface area contributed by atoms with Gasteiger partial charge in [-0.3, -0.25) is 14.9 Å². The van der Waals surface area contributed by atoms with Gasteiger partial charge in [0.2, 0.25) is 11.8 Å². The van der Waals surface area contributed by atoms with E-state index in [9.17, 15) is 9.59 Å². The summed E-state index contributed by atoms with van der Waals surface area (Å²) in [4.78, 5) is 26.9. The zero-order valence-corrected chi connectivity index (χ0v) is 8.58. The third-order valence-corrected chi connectivity index (χ3v) is 3.14. The largest absolute Gasteiger partial charge is 0.384 e. The Balaban J connectivity index is 2.06. The summed E-state index contributed by atoms with van der Waals surface area (Å²) in [5.74, 6) is -0.0194. The zero-order chi connectivity index (χ0) is 10.8. The van der Waals surface area contributed by atoms with Gasteiger partial charge in [-0.2, -0.15) is 0 Å². The van der Waals surface area contributed by atoms with Crippen molar-refractivity contribution >= 4 is 29.4 Å². The van der Waals surface area contributed by atoms with Gasteiger partial charge in [0.25, 0.3) is 0 Å². The molecule has 0 aromatic carbocycles. The van der Waals surface area contributed by atoms with Gasteiger partial charge in [-0.25, -0.2) is 4.98 Å². The van der Waals surface area contributed by atoms with E-state index >= 15 is 0 Å². The zero-order valence-electron chi connectivity index (χ0n) is 7.77. The van der Waals surface area contributed by atoms with Crippen LogP contribution < -0.4 is 11.1 Å². The number of hydrogen-bond donors (Lipinski definition) is 2. The predicted molar refractivity (Wildman–Crippen MR) is 56.1 cm³/mol. The highest BCUT2D eigenvalue weighted by Crippen LogP contribution is 2.27. The van der Waals surface area contributed by atoms with E-state index < -0.39 is 0 Å². The number of aromatic nitrogens is 1. The summed E-state index contributed by atoms with van der Waals surface area (Å²) in [7, 11) is 0. The van der Waals surface area contributed by atoms with Gasteiger partial charge in [-0.15, -0.1) is 11.8 Å². The van der Waals surface area contributed by atoms with Crippen molar-refractivity contribution < 1.29 is 9.59 Å². The van der Waals surface area contributed by atoms with E-state index in [1.54, 1.807) is 18.3 Å². The molecule has 2 heterocycles. The molecule has 1 aromatic heterocycles. The van der Waals surface area contributed by atoms with Crippen molar-refractivity contribution in [1.29, 1.82) is 0 Å². The third-order valence-electron chi connectivity index (χ3n) is 1.96. The summed E-state index contributed by atoms with van der Waals surface area (Å²) < 4.78 is 0. The maximum absolute atomic E-state index is 11.3. The average molecular weight is 223 g/mol. The van der Waals surface area contributed by atoms with Crippen molar-refractivity contribution in [1.82, 2.24) is 10.3 Å². The molecule has 78 valence electrons. The SMILES string of the molecule is Nc1ccc(SC2CC(=O)NC2=O)cn1. The highest BCUT2D eigenvalue weighted by atomic mass is 32.2. The number of carbonyl (C=O) groups is 2. The molecule has 5 nitrogen and oxygen atoms in total. The van der Waals surface area contributed by atoms with Crippen LogP contribution in [0.15, 0.2) is 23.2 Å². The highest BCUT2D eigenvalue weighted by Gasteiger charge is 2.31. The standard InChI is InChI=1S/C9H9N3O2S/c10-7-2-1-5(4-11-7)15-6-3-8(13)12-9(6)14/h1-2,4,6H,3H2,(H2,10,11)(H,12,13,14). The summed E-state index contributed by atoms with van der Waals surface area (Å²) in [6, 6.07) is 3.44. The minimum atomic E-state index is -0.345. The quantitative estimate of drug-likeness (QED) is 0.698. The second-order valence-corrected chi connectivity index (χ2v) is 4.42. The number of amides is 2. The van der Waals surface area contributed by atoms with Crippen molar-refractivity contribution in [2.45, 2.75) is 16.6 Å². The van der Waals surface area contributed by atoms with Crippen molar-refractivity contribution in [3.63, 3.8) is 0 Å². The number of rotatable bonds is 2. The van der Waals surface area contributed by atoms with Gasteiger partial charge in [0, 0.05) is 17.5 Å². The topological polar surface area (TPSA) is 85.1 Å². The molecule has 15 heavy (non-hydrogen) atoms. The molecule has 0 spiro atoms. The maximum atomic E-state index is 11.3. The first kappa shape index (κ1) is 9.97. The molecular formula is C9H9N3O2S. The fourth-order valence-electron chi connectivity index (χ4n) is 1.25. The van der Waals surface area contributed by atoms with Gasteiger partial charge in [0.15, 0.2) is 0 Å². The Hall–Kier alpha value is -1.56. The number of nitrogen functional groups attached to an aromatic ring is 1. The molecular weight excluding hydrogens is 214 g/mol. The number of imide groups is 1. The first-order valence-corrected chi connectivity index (χ1v) is 5.25. The van der Waals surface area contributed by atoms with Crippen molar-refractivity contribution in [3.05, 3.63) is 18.3 Å². The number of nitrogens with zero attached hydrogens (tertiary/aromatic N) is 1. The lowest BCUT2D eigenvalue weighted by Gasteiger charge is -2.04. The number of hydrogen-bond acceptors (Lipinski definition) is 5. The first-order chi connectivity index (χ1) is 7.15. The molecule has 0 saturated carbocycles. The molecule has 2 amide bonds. The summed E-state index contributed by atoms with van der Waals surface area (Å²) in [5, 5.41) is 1.91. The molecule has 1 unspecified atom stereocenters. The second-order valence-electron chi connectivity index (χ2n) is 3.14. The Morgan fingerprint density at radius 2 is 2.27 bits per heavy atom. The van der Waals surface area contributed by atoms with Gasteiger partial charge >= 0.3 is 0 Å². The fraction of sp³-hybridized carbons (Fsp3) is 0.222. The van der Waals surface area contributed by atoms with Crippen LogP contribution in [0.25, 0.3) is 0 Å². The number of carbonyl (C=O) groups excluding carboxylic acids is 2. The van der Waals surface area contributed by atoms with Crippen LogP contribution in [-0.2, 0) is 9.59 Å². The highest BCUT2D eigenvalue weighted by molar-refractivity contribution is 8.00. The van der Waals surface area contributed by atoms with E-state index in [4.69, 9.17) is 5.73 Å². The maximum Gasteiger partial charge on any atom is 0.240 e. The summed E-state index contributed by atoms with van der Waals surface area (Å²) in [5.41, 5.74) is 5.43. The van der Waals surface area contributed by atoms with Crippen molar-refractivity contribution in [2.24, 2.45) is 0 Å². The Labute approximate surface area is 90.4 Å². The van der Waals surface area contributed by atoms with Gasteiger partial charge in [-0.1, -0.05) is 0 Å². The second kappa shape index (κ2) is 3.90. The third kappa shape index (κ3) is 2.27. The molecule has 1 atom stereocenters. The Kier molecular flexibility index (Phi) is 2.59. The Bertz CT molecular complexity index is 404. The molecule has 6 heteroatoms. The monoisotopic (exact) mass is 223 g/mol. The Morgan fingerprint density at radius 3 is 2.80 bits per heavy atom. The summed E-state index contributed by atoms with van der Waals surface area (Å²) >= 11 is 1.32. The van der Waals surface area contributed by atoms with Crippen LogP contribution in [0.1, 0.15) is 6.42 Å². The van der Waals surface area contributed by atoms with Gasteiger partial charge < -0.3 is 5.73 Å². The predicted octanol–water partition coefficient (Wildman–Crippen LogP) is 0.171. The van der Waals surface area contributed by atoms with Crippen LogP contribution in [0, 0.1) is 0 Å². The van der Waals surface area contributed by atoms with E-state index in [2.05, 4.69) is 10.3 Å². The lowest BCUT2D eigenvalue weighted by Crippen LogP contribution is -2.22. The van der Waals surface area contributed by atoms with Crippen LogP contribution in [0.4, 0.5) is 5.82 Å². The lowest BCUT2D eigenvalue weighted by atomic mass is 10.4. The summed E-state index contributed by atoms with van der Waals surface area (Å²) in [6.07, 6.45) is 1.82. The summed E-state index contributed by atoms with van der Waals surface area (Å²) in [6.45, 7) is 0. The smallest absolute Gasteiger partial charge is 0.240 e. The number of nitrogens with one attached hydrogen (secondary N) is 1. The molecule has 0 bridgehead atoms. The molecule has 1 fully saturated rings. The number of anilines is 1. The molecule has 0 aliphatic carbocycles. The minimum Gasteiger partial charge on any atom is -0.384 e. The van der Waals surface area contributed by atoms with Crippen molar-refractivity contribution in [2.75, 3.05) is 5.73 Å². The molecule has 1 aromatic rings. The van der Waals surface area contributed by atoms with E-state index in [1.807, 2.05) is 0 Å². The lowest BCUT2D eigenvalue weighted by molar-refractivity contribution is -0.124. The van der Waals surface area contributed by atoms with Gasteiger partial charge in [0.05, 0.1) is 5.25 Å². The number of thioether (sulfide) groups is 1. The van der Waals surface area contributed by atoms with Gasteiger partial charge in [0.1, 0.15) is 5.82 Å². The van der Waals surface area contributed by atoms with Crippen molar-refractivity contribution in [3.8, 4) is 0 Å². The number of pyridine rings is 1. The normalized spacial score (nSPS) is 20.4. The van der Waals surface area contributed by atoms with E-state index in [0.717, 1.165) is 4.90 Å². The molecule has 0 radical (unpaired) electrons. The van der Waals surface area contributed by atoms with Gasteiger partial charge in [-0.05, 0) is 12.1 Å². The molecule has 1 saturated heterocycles. The number of nitrogens with two attached hydrogens (primary N) is 1. The molecule has 1 aliphatic heterocycles. The Morgan fingerprint density at radius 1 is 1.47 bits per heavy atom. The van der Waals surface area contributed by atoms with E-state index in [-0.39, 0.29) is 23.5 Å². The molecule has 1 aliphatic rings. The minimum absolute atomic E-state index is 0.221. The van der Waals surface area contributed by atoms with Crippen LogP contribution in [0.2, 0.25) is 0 Å². The van der Waals surface area contributed by atoms with Crippen LogP contribution in [-0.4, -0.2) is 22.0 Å². The molecule has 2 rings (SSSR count). The van der Waals surface area contributed by atoms with E-state index in [0.29, 0.717) is 5.82 Å². The fourth-order valence-corrected chi connectivity index (χ4v) is 2.24. The molecule has 3 N–H and O–H groups in total. The average Bonchev–Trinajstić information content (AvgIpc) is 2.49. The van der Waals surface area contributed by atoms with Crippen LogP contribution >= 0.6 is 11.8 Å². The first-order valence-electron chi connectivity index (χ1n) is 4.37. The van der Waals surface area contributed by atoms with Crippen LogP contribution in [0.3, 0.4) is 0 Å². The van der Waals surface area contributed by atoms with E-state index in [1.165, 1.54) is 11.8 Å².